The zero-order valence-corrected chi connectivity index (χ0v) is 10.4. The molecule has 4 rings (SSSR count). The van der Waals surface area contributed by atoms with Gasteiger partial charge in [0.05, 0.1) is 0 Å². The second-order valence-corrected chi connectivity index (χ2v) is 4.23. The Morgan fingerprint density at radius 3 is 2.74 bits per heavy atom. The van der Waals surface area contributed by atoms with Crippen molar-refractivity contribution in [2.24, 2.45) is 0 Å². The number of fused-ring (bicyclic) bond motifs is 2. The van der Waals surface area contributed by atoms with E-state index >= 15 is 0 Å². The largest absolute Gasteiger partial charge is 0.443 e. The minimum Gasteiger partial charge on any atom is -0.443 e. The minimum atomic E-state index is 0.845. The number of rotatable bonds is 0. The van der Waals surface area contributed by atoms with Crippen molar-refractivity contribution in [2.75, 3.05) is 5.32 Å². The Morgan fingerprint density at radius 2 is 1.84 bits per heavy atom. The predicted molar refractivity (Wildman–Crippen MR) is 76.9 cm³/mol. The summed E-state index contributed by atoms with van der Waals surface area (Å²) in [6.07, 6.45) is 6.62. The van der Waals surface area contributed by atoms with Gasteiger partial charge in [0, 0.05) is 5.69 Å². The van der Waals surface area contributed by atoms with Gasteiger partial charge in [0.15, 0.2) is 12.0 Å². The molecule has 94 valence electrons. The topological polar surface area (TPSA) is 38.1 Å². The molecule has 0 saturated carbocycles. The fraction of sp³-hybridized carbons (Fsp3) is 0.0625. The average Bonchev–Trinajstić information content (AvgIpc) is 2.96. The molecule has 2 heterocycles. The first-order valence-corrected chi connectivity index (χ1v) is 6.21. The Kier molecular flexibility index (Phi) is 3.28. The Bertz CT molecular complexity index is 643. The third-order valence-electron chi connectivity index (χ3n) is 2.95. The number of benzene rings is 2. The summed E-state index contributed by atoms with van der Waals surface area (Å²) in [7, 11) is 0. The van der Waals surface area contributed by atoms with Gasteiger partial charge in [0.1, 0.15) is 5.52 Å². The summed E-state index contributed by atoms with van der Waals surface area (Å²) >= 11 is 0. The van der Waals surface area contributed by atoms with Crippen LogP contribution in [0.3, 0.4) is 0 Å². The van der Waals surface area contributed by atoms with Gasteiger partial charge >= 0.3 is 0 Å². The molecule has 1 N–H and O–H groups in total. The molecule has 3 nitrogen and oxygen atoms in total. The maximum atomic E-state index is 5.01. The van der Waals surface area contributed by atoms with Crippen LogP contribution in [0.2, 0.25) is 0 Å². The molecule has 1 aliphatic rings. The molecule has 0 bridgehead atoms. The maximum absolute atomic E-state index is 5.01. The van der Waals surface area contributed by atoms with E-state index in [9.17, 15) is 0 Å². The van der Waals surface area contributed by atoms with Crippen molar-refractivity contribution in [3.8, 4) is 0 Å². The summed E-state index contributed by atoms with van der Waals surface area (Å²) in [5.41, 5.74) is 4.38. The van der Waals surface area contributed by atoms with E-state index in [2.05, 4.69) is 34.6 Å². The van der Waals surface area contributed by atoms with E-state index in [-0.39, 0.29) is 0 Å². The van der Waals surface area contributed by atoms with Crippen molar-refractivity contribution in [1.29, 1.82) is 0 Å². The summed E-state index contributed by atoms with van der Waals surface area (Å²) in [6, 6.07) is 16.0. The van der Waals surface area contributed by atoms with Gasteiger partial charge in [-0.05, 0) is 36.4 Å². The lowest BCUT2D eigenvalue weighted by atomic mass is 10.1. The molecule has 0 aliphatic carbocycles. The van der Waals surface area contributed by atoms with E-state index in [4.69, 9.17) is 4.42 Å². The molecule has 1 aliphatic heterocycles. The number of hydrogen-bond acceptors (Lipinski definition) is 3. The fourth-order valence-electron chi connectivity index (χ4n) is 1.98. The molecule has 0 radical (unpaired) electrons. The zero-order chi connectivity index (χ0) is 12.9. The van der Waals surface area contributed by atoms with Gasteiger partial charge in [-0.15, -0.1) is 0 Å². The van der Waals surface area contributed by atoms with Crippen LogP contribution in [0.4, 0.5) is 5.69 Å². The number of oxazole rings is 1. The molecule has 19 heavy (non-hydrogen) atoms. The summed E-state index contributed by atoms with van der Waals surface area (Å²) in [4.78, 5) is 3.95. The van der Waals surface area contributed by atoms with Crippen LogP contribution in [-0.2, 0) is 6.42 Å². The summed E-state index contributed by atoms with van der Waals surface area (Å²) in [5.74, 6) is 0. The lowest BCUT2D eigenvalue weighted by Gasteiger charge is -2.10. The molecule has 3 heteroatoms. The third-order valence-corrected chi connectivity index (χ3v) is 2.95. The summed E-state index contributed by atoms with van der Waals surface area (Å²) < 4.78 is 5.01. The van der Waals surface area contributed by atoms with E-state index in [1.165, 1.54) is 17.6 Å². The van der Waals surface area contributed by atoms with E-state index in [0.717, 1.165) is 17.5 Å². The highest BCUT2D eigenvalue weighted by Crippen LogP contribution is 2.18. The summed E-state index contributed by atoms with van der Waals surface area (Å²) in [6.45, 7) is 0. The summed E-state index contributed by atoms with van der Waals surface area (Å²) in [5, 5.41) is 3.18. The molecule has 0 unspecified atom stereocenters. The van der Waals surface area contributed by atoms with Crippen molar-refractivity contribution >= 4 is 16.8 Å². The van der Waals surface area contributed by atoms with Crippen LogP contribution in [0, 0.1) is 0 Å². The molecule has 0 amide bonds. The molecule has 2 aromatic carbocycles. The number of anilines is 1. The Hall–Kier alpha value is -2.55. The highest BCUT2D eigenvalue weighted by atomic mass is 16.3. The maximum Gasteiger partial charge on any atom is 0.181 e. The molecule has 0 atom stereocenters. The van der Waals surface area contributed by atoms with Crippen LogP contribution < -0.4 is 5.32 Å². The first kappa shape index (κ1) is 11.5. The second kappa shape index (κ2) is 5.40. The standard InChI is InChI=1S/C9H9N.C7H5NO/c1-2-6-9-8(4-1)5-3-7-10-9;1-2-4-7-6(3-1)8-5-9-7/h1-4,6-7,10H,5H2;1-5H. The fourth-order valence-corrected chi connectivity index (χ4v) is 1.98. The molecular weight excluding hydrogens is 236 g/mol. The van der Waals surface area contributed by atoms with E-state index < -0.39 is 0 Å². The lowest BCUT2D eigenvalue weighted by molar-refractivity contribution is 0.602. The third kappa shape index (κ3) is 2.65. The van der Waals surface area contributed by atoms with Crippen molar-refractivity contribution in [3.05, 3.63) is 72.8 Å². The Morgan fingerprint density at radius 1 is 1.00 bits per heavy atom. The van der Waals surface area contributed by atoms with Gasteiger partial charge in [-0.2, -0.15) is 0 Å². The second-order valence-electron chi connectivity index (χ2n) is 4.23. The molecule has 0 spiro atoms. The monoisotopic (exact) mass is 250 g/mol. The number of allylic oxidation sites excluding steroid dienone is 1. The SMILES string of the molecule is C1=CNc2ccccc2C1.c1ccc2ocnc2c1. The van der Waals surface area contributed by atoms with Gasteiger partial charge in [-0.25, -0.2) is 4.98 Å². The van der Waals surface area contributed by atoms with Gasteiger partial charge in [-0.1, -0.05) is 36.4 Å². The van der Waals surface area contributed by atoms with Gasteiger partial charge in [-0.3, -0.25) is 0 Å². The highest BCUT2D eigenvalue weighted by Gasteiger charge is 2.00. The van der Waals surface area contributed by atoms with Crippen LogP contribution in [0.15, 0.2) is 71.6 Å². The molecule has 0 saturated heterocycles. The Labute approximate surface area is 111 Å². The quantitative estimate of drug-likeness (QED) is 0.655. The normalized spacial score (nSPS) is 12.2. The number of para-hydroxylation sites is 3. The van der Waals surface area contributed by atoms with E-state index in [1.807, 2.05) is 36.5 Å². The van der Waals surface area contributed by atoms with Crippen LogP contribution in [-0.4, -0.2) is 4.98 Å². The smallest absolute Gasteiger partial charge is 0.181 e. The minimum absolute atomic E-state index is 0.845. The first-order valence-electron chi connectivity index (χ1n) is 6.21. The average molecular weight is 250 g/mol. The van der Waals surface area contributed by atoms with Gasteiger partial charge in [0.2, 0.25) is 0 Å². The highest BCUT2D eigenvalue weighted by molar-refractivity contribution is 5.71. The van der Waals surface area contributed by atoms with Gasteiger partial charge < -0.3 is 9.73 Å². The molecular formula is C16H14N2O. The van der Waals surface area contributed by atoms with Crippen molar-refractivity contribution < 1.29 is 4.42 Å². The first-order chi connectivity index (χ1) is 9.43. The molecule has 0 fully saturated rings. The van der Waals surface area contributed by atoms with Crippen molar-refractivity contribution in [1.82, 2.24) is 4.98 Å². The number of aromatic nitrogens is 1. The molecule has 1 aromatic heterocycles. The van der Waals surface area contributed by atoms with E-state index in [0.29, 0.717) is 0 Å². The number of hydrogen-bond donors (Lipinski definition) is 1. The number of nitrogens with zero attached hydrogens (tertiary/aromatic N) is 1. The lowest BCUT2D eigenvalue weighted by Crippen LogP contribution is -1.98. The zero-order valence-electron chi connectivity index (χ0n) is 10.4. The predicted octanol–water partition coefficient (Wildman–Crippen LogP) is 4.00. The van der Waals surface area contributed by atoms with Crippen molar-refractivity contribution in [3.63, 3.8) is 0 Å². The van der Waals surface area contributed by atoms with E-state index in [1.54, 1.807) is 0 Å². The molecule has 3 aromatic rings. The van der Waals surface area contributed by atoms with Gasteiger partial charge in [0.25, 0.3) is 0 Å². The van der Waals surface area contributed by atoms with Crippen LogP contribution in [0.5, 0.6) is 0 Å². The van der Waals surface area contributed by atoms with Crippen LogP contribution in [0.25, 0.3) is 11.1 Å². The van der Waals surface area contributed by atoms with Crippen molar-refractivity contribution in [2.45, 2.75) is 6.42 Å². The Balaban J connectivity index is 0.000000117. The van der Waals surface area contributed by atoms with Crippen LogP contribution in [0.1, 0.15) is 5.56 Å². The van der Waals surface area contributed by atoms with Crippen LogP contribution >= 0.6 is 0 Å². The number of nitrogens with one attached hydrogen (secondary N) is 1.